The van der Waals surface area contributed by atoms with Crippen LogP contribution in [0, 0.1) is 5.92 Å². The van der Waals surface area contributed by atoms with Gasteiger partial charge in [0.05, 0.1) is 29.2 Å². The molecule has 19 heavy (non-hydrogen) atoms. The van der Waals surface area contributed by atoms with Gasteiger partial charge < -0.3 is 20.5 Å². The van der Waals surface area contributed by atoms with E-state index in [1.807, 2.05) is 0 Å². The van der Waals surface area contributed by atoms with Crippen LogP contribution in [0.5, 0.6) is 5.75 Å². The molecule has 5 nitrogen and oxygen atoms in total. The number of phenols is 1. The summed E-state index contributed by atoms with van der Waals surface area (Å²) in [6.45, 7) is 0.878. The molecule has 7 heteroatoms. The minimum absolute atomic E-state index is 0.0111. The smallest absolute Gasteiger partial charge is 0.231 e. The summed E-state index contributed by atoms with van der Waals surface area (Å²) >= 11 is 11.6. The first-order valence-corrected chi connectivity index (χ1v) is 6.52. The van der Waals surface area contributed by atoms with Crippen molar-refractivity contribution < 1.29 is 14.6 Å². The third-order valence-electron chi connectivity index (χ3n) is 3.07. The van der Waals surface area contributed by atoms with Gasteiger partial charge in [-0.3, -0.25) is 4.79 Å². The van der Waals surface area contributed by atoms with Crippen LogP contribution >= 0.6 is 23.2 Å². The highest BCUT2D eigenvalue weighted by atomic mass is 35.5. The lowest BCUT2D eigenvalue weighted by Gasteiger charge is -2.16. The van der Waals surface area contributed by atoms with Crippen LogP contribution in [0.1, 0.15) is 0 Å². The summed E-state index contributed by atoms with van der Waals surface area (Å²) in [5.74, 6) is -0.635. The van der Waals surface area contributed by atoms with Crippen molar-refractivity contribution in [2.75, 3.05) is 25.6 Å². The van der Waals surface area contributed by atoms with Crippen molar-refractivity contribution in [2.24, 2.45) is 5.92 Å². The molecule has 1 fully saturated rings. The molecule has 2 unspecified atom stereocenters. The number of likely N-dealkylation sites (N-methyl/N-ethyl adjacent to an activating group) is 1. The normalized spacial score (nSPS) is 22.5. The number of aromatic hydroxyl groups is 1. The highest BCUT2D eigenvalue weighted by Gasteiger charge is 2.33. The predicted molar refractivity (Wildman–Crippen MR) is 73.9 cm³/mol. The van der Waals surface area contributed by atoms with Crippen molar-refractivity contribution in [1.82, 2.24) is 5.32 Å². The summed E-state index contributed by atoms with van der Waals surface area (Å²) in [7, 11) is 1.79. The number of ether oxygens (including phenoxy) is 1. The molecule has 0 aromatic heterocycles. The van der Waals surface area contributed by atoms with Gasteiger partial charge >= 0.3 is 0 Å². The molecule has 1 aliphatic heterocycles. The zero-order valence-electron chi connectivity index (χ0n) is 10.2. The van der Waals surface area contributed by atoms with Crippen molar-refractivity contribution in [3.63, 3.8) is 0 Å². The van der Waals surface area contributed by atoms with E-state index in [1.165, 1.54) is 12.1 Å². The van der Waals surface area contributed by atoms with E-state index >= 15 is 0 Å². The van der Waals surface area contributed by atoms with Crippen molar-refractivity contribution in [1.29, 1.82) is 0 Å². The monoisotopic (exact) mass is 304 g/mol. The van der Waals surface area contributed by atoms with Gasteiger partial charge in [0.25, 0.3) is 0 Å². The first-order valence-electron chi connectivity index (χ1n) is 5.76. The molecular weight excluding hydrogens is 291 g/mol. The number of carbonyl (C=O) groups excluding carboxylic acids is 1. The van der Waals surface area contributed by atoms with Crippen LogP contribution in [0.4, 0.5) is 5.69 Å². The van der Waals surface area contributed by atoms with E-state index < -0.39 is 0 Å². The van der Waals surface area contributed by atoms with E-state index in [9.17, 15) is 9.90 Å². The quantitative estimate of drug-likeness (QED) is 0.746. The average molecular weight is 305 g/mol. The molecule has 3 N–H and O–H groups in total. The summed E-state index contributed by atoms with van der Waals surface area (Å²) < 4.78 is 5.27. The fraction of sp³-hybridized carbons (Fsp3) is 0.417. The molecule has 0 radical (unpaired) electrons. The molecular formula is C12H14Cl2N2O3. The fourth-order valence-electron chi connectivity index (χ4n) is 1.97. The largest absolute Gasteiger partial charge is 0.505 e. The lowest BCUT2D eigenvalue weighted by molar-refractivity contribution is -0.120. The Kier molecular flexibility index (Phi) is 4.52. The van der Waals surface area contributed by atoms with Crippen LogP contribution in [0.15, 0.2) is 12.1 Å². The fourth-order valence-corrected chi connectivity index (χ4v) is 2.46. The molecule has 1 amide bonds. The van der Waals surface area contributed by atoms with Gasteiger partial charge in [-0.15, -0.1) is 0 Å². The van der Waals surface area contributed by atoms with Gasteiger partial charge in [0, 0.05) is 11.7 Å². The molecule has 104 valence electrons. The number of hydrogen-bond donors (Lipinski definition) is 3. The highest BCUT2D eigenvalue weighted by Crippen LogP contribution is 2.34. The molecule has 1 aliphatic rings. The summed E-state index contributed by atoms with van der Waals surface area (Å²) in [5, 5.41) is 15.4. The first-order chi connectivity index (χ1) is 9.02. The zero-order valence-corrected chi connectivity index (χ0v) is 11.8. The number of nitrogens with one attached hydrogen (secondary N) is 2. The number of carbonyl (C=O) groups is 1. The molecule has 2 atom stereocenters. The van der Waals surface area contributed by atoms with Crippen LogP contribution in [0.2, 0.25) is 10.0 Å². The third-order valence-corrected chi connectivity index (χ3v) is 3.65. The maximum Gasteiger partial charge on any atom is 0.231 e. The molecule has 0 saturated carbocycles. The molecule has 1 heterocycles. The Balaban J connectivity index is 2.11. The Bertz CT molecular complexity index is 473. The van der Waals surface area contributed by atoms with E-state index in [0.29, 0.717) is 18.9 Å². The maximum absolute atomic E-state index is 12.1. The Morgan fingerprint density at radius 2 is 2.00 bits per heavy atom. The van der Waals surface area contributed by atoms with Crippen LogP contribution in [0.25, 0.3) is 0 Å². The number of hydrogen-bond acceptors (Lipinski definition) is 4. The number of phenolic OH excluding ortho intramolecular Hbond substituents is 1. The van der Waals surface area contributed by atoms with Gasteiger partial charge in [0.2, 0.25) is 5.91 Å². The number of amides is 1. The van der Waals surface area contributed by atoms with Gasteiger partial charge in [0.1, 0.15) is 0 Å². The van der Waals surface area contributed by atoms with Crippen molar-refractivity contribution >= 4 is 34.8 Å². The SMILES string of the molecule is CNC1COCC1C(=O)Nc1cc(Cl)c(O)c(Cl)c1. The second-order valence-electron chi connectivity index (χ2n) is 4.32. The van der Waals surface area contributed by atoms with Crippen LogP contribution in [0.3, 0.4) is 0 Å². The number of halogens is 2. The standard InChI is InChI=1S/C12H14Cl2N2O3/c1-15-10-5-19-4-7(10)12(18)16-6-2-8(13)11(17)9(14)3-6/h2-3,7,10,15,17H,4-5H2,1H3,(H,16,18). The van der Waals surface area contributed by atoms with Gasteiger partial charge in [-0.05, 0) is 19.2 Å². The second-order valence-corrected chi connectivity index (χ2v) is 5.13. The van der Waals surface area contributed by atoms with Crippen molar-refractivity contribution in [3.8, 4) is 5.75 Å². The lowest BCUT2D eigenvalue weighted by Crippen LogP contribution is -2.39. The summed E-state index contributed by atoms with van der Waals surface area (Å²) in [5.41, 5.74) is 0.444. The lowest BCUT2D eigenvalue weighted by atomic mass is 10.0. The summed E-state index contributed by atoms with van der Waals surface area (Å²) in [6, 6.07) is 2.89. The van der Waals surface area contributed by atoms with Crippen molar-refractivity contribution in [3.05, 3.63) is 22.2 Å². The molecule has 1 saturated heterocycles. The number of rotatable bonds is 3. The van der Waals surface area contributed by atoms with Crippen molar-refractivity contribution in [2.45, 2.75) is 6.04 Å². The molecule has 0 spiro atoms. The average Bonchev–Trinajstić information content (AvgIpc) is 2.84. The summed E-state index contributed by atoms with van der Waals surface area (Å²) in [4.78, 5) is 12.1. The van der Waals surface area contributed by atoms with E-state index in [0.717, 1.165) is 0 Å². The summed E-state index contributed by atoms with van der Waals surface area (Å²) in [6.07, 6.45) is 0. The van der Waals surface area contributed by atoms with Gasteiger partial charge in [-0.1, -0.05) is 23.2 Å². The van der Waals surface area contributed by atoms with E-state index in [4.69, 9.17) is 27.9 Å². The minimum atomic E-state index is -0.267. The Morgan fingerprint density at radius 1 is 1.37 bits per heavy atom. The van der Waals surface area contributed by atoms with E-state index in [-0.39, 0.29) is 33.7 Å². The number of benzene rings is 1. The van der Waals surface area contributed by atoms with E-state index in [2.05, 4.69) is 10.6 Å². The molecule has 1 aromatic rings. The molecule has 2 rings (SSSR count). The zero-order chi connectivity index (χ0) is 14.0. The second kappa shape index (κ2) is 5.96. The van der Waals surface area contributed by atoms with Gasteiger partial charge in [-0.2, -0.15) is 0 Å². The highest BCUT2D eigenvalue weighted by molar-refractivity contribution is 6.37. The van der Waals surface area contributed by atoms with Crippen LogP contribution in [-0.4, -0.2) is 37.3 Å². The van der Waals surface area contributed by atoms with E-state index in [1.54, 1.807) is 7.05 Å². The first kappa shape index (κ1) is 14.4. The minimum Gasteiger partial charge on any atom is -0.505 e. The molecule has 0 bridgehead atoms. The van der Waals surface area contributed by atoms with Gasteiger partial charge in [-0.25, -0.2) is 0 Å². The Hall–Kier alpha value is -1.01. The molecule has 1 aromatic carbocycles. The third kappa shape index (κ3) is 3.12. The maximum atomic E-state index is 12.1. The molecule has 0 aliphatic carbocycles. The Morgan fingerprint density at radius 3 is 2.58 bits per heavy atom. The van der Waals surface area contributed by atoms with Crippen LogP contribution < -0.4 is 10.6 Å². The van der Waals surface area contributed by atoms with Crippen LogP contribution in [-0.2, 0) is 9.53 Å². The predicted octanol–water partition coefficient (Wildman–Crippen LogP) is 1.87. The topological polar surface area (TPSA) is 70.6 Å². The van der Waals surface area contributed by atoms with Gasteiger partial charge in [0.15, 0.2) is 5.75 Å². The number of anilines is 1. The Labute approximate surface area is 120 Å².